The Morgan fingerprint density at radius 3 is 2.75 bits per heavy atom. The van der Waals surface area contributed by atoms with E-state index < -0.39 is 0 Å². The summed E-state index contributed by atoms with van der Waals surface area (Å²) in [7, 11) is 0. The van der Waals surface area contributed by atoms with E-state index in [9.17, 15) is 4.79 Å². The molecule has 0 unspecified atom stereocenters. The van der Waals surface area contributed by atoms with Crippen LogP contribution in [0.1, 0.15) is 0 Å². The molecule has 0 saturated carbocycles. The van der Waals surface area contributed by atoms with E-state index >= 15 is 0 Å². The molecule has 64 valence electrons. The van der Waals surface area contributed by atoms with Gasteiger partial charge in [0, 0.05) is 4.90 Å². The topological polar surface area (TPSA) is 44.9 Å². The molecule has 1 aromatic heterocycles. The van der Waals surface area contributed by atoms with Gasteiger partial charge in [-0.1, -0.05) is 12.2 Å². The first-order chi connectivity index (χ1) is 5.65. The Bertz CT molecular complexity index is 360. The number of aromatic amines is 1. The maximum absolute atomic E-state index is 10.1. The second-order valence-electron chi connectivity index (χ2n) is 2.01. The van der Waals surface area contributed by atoms with Crippen molar-refractivity contribution >= 4 is 49.7 Å². The number of amides is 1. The number of pyridine rings is 1. The highest BCUT2D eigenvalue weighted by Crippen LogP contribution is 2.20. The fourth-order valence-electron chi connectivity index (χ4n) is 0.680. The molecule has 1 amide bonds. The lowest BCUT2D eigenvalue weighted by Crippen LogP contribution is -1.97. The van der Waals surface area contributed by atoms with Crippen LogP contribution in [0.15, 0.2) is 15.9 Å². The van der Waals surface area contributed by atoms with Gasteiger partial charge in [-0.25, -0.2) is 0 Å². The van der Waals surface area contributed by atoms with Crippen LogP contribution in [-0.4, -0.2) is 11.4 Å². The van der Waals surface area contributed by atoms with Gasteiger partial charge in [-0.3, -0.25) is 4.79 Å². The summed E-state index contributed by atoms with van der Waals surface area (Å²) in [5.74, 6) is 0.512. The Morgan fingerprint density at radius 1 is 1.58 bits per heavy atom. The number of aromatic nitrogens is 1. The molecule has 3 nitrogen and oxygen atoms in total. The Balaban J connectivity index is 3.21. The fraction of sp³-hybridized carbons (Fsp3) is 0. The van der Waals surface area contributed by atoms with Crippen LogP contribution < -0.4 is 5.32 Å². The van der Waals surface area contributed by atoms with E-state index in [4.69, 9.17) is 12.2 Å². The molecule has 0 saturated heterocycles. The average molecular weight is 218 g/mol. The van der Waals surface area contributed by atoms with Crippen molar-refractivity contribution in [2.75, 3.05) is 5.32 Å². The summed E-state index contributed by atoms with van der Waals surface area (Å²) in [6.07, 6.45) is 0.562. The number of nitrogens with one attached hydrogen (secondary N) is 2. The third kappa shape index (κ3) is 2.02. The predicted molar refractivity (Wildman–Crippen MR) is 55.8 cm³/mol. The summed E-state index contributed by atoms with van der Waals surface area (Å²) in [6, 6.07) is 1.63. The van der Waals surface area contributed by atoms with Crippen molar-refractivity contribution in [2.45, 2.75) is 9.79 Å². The maximum atomic E-state index is 10.1. The SMILES string of the molecule is O=CNc1cc(S)c(S)c(=S)[nH]1. The van der Waals surface area contributed by atoms with Crippen LogP contribution in [0.3, 0.4) is 0 Å². The predicted octanol–water partition coefficient (Wildman–Crippen LogP) is 1.89. The third-order valence-electron chi connectivity index (χ3n) is 1.20. The molecule has 2 N–H and O–H groups in total. The van der Waals surface area contributed by atoms with Gasteiger partial charge in [0.15, 0.2) is 0 Å². The third-order valence-corrected chi connectivity index (χ3v) is 2.65. The summed E-state index contributed by atoms with van der Waals surface area (Å²) in [5.41, 5.74) is 0. The number of hydrogen-bond donors (Lipinski definition) is 4. The molecule has 6 heteroatoms. The van der Waals surface area contributed by atoms with Gasteiger partial charge in [0.1, 0.15) is 10.5 Å². The second kappa shape index (κ2) is 3.97. The number of anilines is 1. The van der Waals surface area contributed by atoms with Crippen molar-refractivity contribution in [1.82, 2.24) is 4.98 Å². The zero-order chi connectivity index (χ0) is 9.14. The van der Waals surface area contributed by atoms with Crippen molar-refractivity contribution in [2.24, 2.45) is 0 Å². The zero-order valence-electron chi connectivity index (χ0n) is 5.87. The lowest BCUT2D eigenvalue weighted by atomic mass is 10.4. The lowest BCUT2D eigenvalue weighted by molar-refractivity contribution is -0.105. The van der Waals surface area contributed by atoms with E-state index in [2.05, 4.69) is 35.6 Å². The number of thiol groups is 2. The Morgan fingerprint density at radius 2 is 2.25 bits per heavy atom. The molecule has 12 heavy (non-hydrogen) atoms. The van der Waals surface area contributed by atoms with Gasteiger partial charge in [-0.2, -0.15) is 0 Å². The van der Waals surface area contributed by atoms with Gasteiger partial charge in [0.25, 0.3) is 0 Å². The molecule has 1 rings (SSSR count). The summed E-state index contributed by atoms with van der Waals surface area (Å²) < 4.78 is 0.454. The molecule has 0 atom stereocenters. The fourth-order valence-corrected chi connectivity index (χ4v) is 1.34. The largest absolute Gasteiger partial charge is 0.332 e. The molecule has 0 fully saturated rings. The summed E-state index contributed by atoms with van der Waals surface area (Å²) in [5, 5.41) is 2.43. The van der Waals surface area contributed by atoms with Gasteiger partial charge in [-0.15, -0.1) is 25.3 Å². The molecule has 1 aromatic rings. The van der Waals surface area contributed by atoms with E-state index in [-0.39, 0.29) is 0 Å². The van der Waals surface area contributed by atoms with Crippen molar-refractivity contribution in [3.05, 3.63) is 10.7 Å². The van der Waals surface area contributed by atoms with Gasteiger partial charge in [-0.05, 0) is 6.07 Å². The molecule has 0 aromatic carbocycles. The van der Waals surface area contributed by atoms with E-state index in [0.29, 0.717) is 26.7 Å². The first-order valence-electron chi connectivity index (χ1n) is 3.00. The van der Waals surface area contributed by atoms with Crippen molar-refractivity contribution in [3.63, 3.8) is 0 Å². The minimum absolute atomic E-state index is 0.454. The molecule has 0 spiro atoms. The molecule has 0 aliphatic rings. The number of hydrogen-bond acceptors (Lipinski definition) is 4. The number of rotatable bonds is 2. The average Bonchev–Trinajstić information content (AvgIpc) is 2.01. The Hall–Kier alpha value is -0.460. The van der Waals surface area contributed by atoms with Crippen LogP contribution >= 0.6 is 37.5 Å². The van der Waals surface area contributed by atoms with E-state index in [1.165, 1.54) is 0 Å². The summed E-state index contributed by atoms with van der Waals surface area (Å²) >= 11 is 13.1. The summed E-state index contributed by atoms with van der Waals surface area (Å²) in [6.45, 7) is 0. The lowest BCUT2D eigenvalue weighted by Gasteiger charge is -2.02. The molecule has 0 aliphatic heterocycles. The number of carbonyl (C=O) groups excluding carboxylic acids is 1. The second-order valence-corrected chi connectivity index (χ2v) is 3.35. The van der Waals surface area contributed by atoms with Gasteiger partial charge in [0.05, 0.1) is 4.90 Å². The Kier molecular flexibility index (Phi) is 3.19. The number of H-pyrrole nitrogens is 1. The van der Waals surface area contributed by atoms with Crippen LogP contribution in [-0.2, 0) is 4.79 Å². The van der Waals surface area contributed by atoms with Gasteiger partial charge >= 0.3 is 0 Å². The van der Waals surface area contributed by atoms with Crippen molar-refractivity contribution in [3.8, 4) is 0 Å². The van der Waals surface area contributed by atoms with Crippen LogP contribution in [0.4, 0.5) is 5.82 Å². The minimum atomic E-state index is 0.454. The first kappa shape index (κ1) is 9.63. The van der Waals surface area contributed by atoms with E-state index in [1.54, 1.807) is 6.07 Å². The first-order valence-corrected chi connectivity index (χ1v) is 4.31. The standard InChI is InChI=1S/C6H6N2OS3/c9-2-7-4-1-3(10)5(11)6(12)8-4/h1-2,11H,(H3,7,8,9,10,12). The number of carbonyl (C=O) groups is 1. The van der Waals surface area contributed by atoms with E-state index in [0.717, 1.165) is 0 Å². The van der Waals surface area contributed by atoms with Crippen molar-refractivity contribution < 1.29 is 4.79 Å². The normalized spacial score (nSPS) is 9.50. The molecular weight excluding hydrogens is 212 g/mol. The molecule has 0 bridgehead atoms. The molecule has 0 radical (unpaired) electrons. The quantitative estimate of drug-likeness (QED) is 0.348. The van der Waals surface area contributed by atoms with Gasteiger partial charge < -0.3 is 10.3 Å². The highest BCUT2D eigenvalue weighted by atomic mass is 32.1. The van der Waals surface area contributed by atoms with Gasteiger partial charge in [0.2, 0.25) is 6.41 Å². The van der Waals surface area contributed by atoms with Crippen LogP contribution in [0, 0.1) is 4.64 Å². The smallest absolute Gasteiger partial charge is 0.212 e. The van der Waals surface area contributed by atoms with Crippen LogP contribution in [0.25, 0.3) is 0 Å². The highest BCUT2D eigenvalue weighted by Gasteiger charge is 1.98. The zero-order valence-corrected chi connectivity index (χ0v) is 8.47. The molecule has 0 aliphatic carbocycles. The maximum Gasteiger partial charge on any atom is 0.212 e. The Labute approximate surface area is 85.4 Å². The monoisotopic (exact) mass is 218 g/mol. The minimum Gasteiger partial charge on any atom is -0.332 e. The highest BCUT2D eigenvalue weighted by molar-refractivity contribution is 7.84. The van der Waals surface area contributed by atoms with Crippen LogP contribution in [0.2, 0.25) is 0 Å². The summed E-state index contributed by atoms with van der Waals surface area (Å²) in [4.78, 5) is 14.1. The molecule has 1 heterocycles. The molecular formula is C6H6N2OS3. The van der Waals surface area contributed by atoms with E-state index in [1.807, 2.05) is 0 Å². The van der Waals surface area contributed by atoms with Crippen LogP contribution in [0.5, 0.6) is 0 Å². The van der Waals surface area contributed by atoms with Crippen molar-refractivity contribution in [1.29, 1.82) is 0 Å².